The molecule has 0 amide bonds. The van der Waals surface area contributed by atoms with Crippen molar-refractivity contribution >= 4 is 17.1 Å². The summed E-state index contributed by atoms with van der Waals surface area (Å²) in [6.45, 7) is 1.86. The SMILES string of the molecule is CCC(=O)c1ccc(-c2ccc(C#N)s2)cc1. The number of rotatable bonds is 3. The molecule has 2 rings (SSSR count). The fraction of sp³-hybridized carbons (Fsp3) is 0.143. The van der Waals surface area contributed by atoms with Crippen LogP contribution in [0.15, 0.2) is 36.4 Å². The van der Waals surface area contributed by atoms with Crippen LogP contribution in [0.3, 0.4) is 0 Å². The number of ketones is 1. The van der Waals surface area contributed by atoms with Gasteiger partial charge < -0.3 is 0 Å². The standard InChI is InChI=1S/C14H11NOS/c1-2-13(16)10-3-5-11(6-4-10)14-8-7-12(9-15)17-14/h3-8H,2H2,1H3. The number of carbonyl (C=O) groups excluding carboxylic acids is 1. The van der Waals surface area contributed by atoms with Crippen LogP contribution >= 0.6 is 11.3 Å². The van der Waals surface area contributed by atoms with Crippen molar-refractivity contribution in [1.29, 1.82) is 5.26 Å². The summed E-state index contributed by atoms with van der Waals surface area (Å²) in [5.41, 5.74) is 1.79. The van der Waals surface area contributed by atoms with Gasteiger partial charge in [0, 0.05) is 16.9 Å². The number of hydrogen-bond donors (Lipinski definition) is 0. The Kier molecular flexibility index (Phi) is 3.36. The lowest BCUT2D eigenvalue weighted by molar-refractivity contribution is 0.0988. The van der Waals surface area contributed by atoms with Crippen LogP contribution < -0.4 is 0 Å². The smallest absolute Gasteiger partial charge is 0.162 e. The fourth-order valence-corrected chi connectivity index (χ4v) is 2.39. The molecule has 0 fully saturated rings. The molecule has 0 unspecified atom stereocenters. The highest BCUT2D eigenvalue weighted by Gasteiger charge is 2.05. The zero-order chi connectivity index (χ0) is 12.3. The van der Waals surface area contributed by atoms with E-state index in [0.29, 0.717) is 11.3 Å². The average Bonchev–Trinajstić information content (AvgIpc) is 2.87. The van der Waals surface area contributed by atoms with Crippen LogP contribution in [0.5, 0.6) is 0 Å². The van der Waals surface area contributed by atoms with Crippen molar-refractivity contribution in [2.24, 2.45) is 0 Å². The van der Waals surface area contributed by atoms with E-state index in [0.717, 1.165) is 16.0 Å². The van der Waals surface area contributed by atoms with E-state index >= 15 is 0 Å². The minimum Gasteiger partial charge on any atom is -0.294 e. The van der Waals surface area contributed by atoms with Gasteiger partial charge in [-0.2, -0.15) is 5.26 Å². The summed E-state index contributed by atoms with van der Waals surface area (Å²) in [4.78, 5) is 13.2. The van der Waals surface area contributed by atoms with Gasteiger partial charge in [0.1, 0.15) is 10.9 Å². The Bertz CT molecular complexity index is 575. The summed E-state index contributed by atoms with van der Waals surface area (Å²) < 4.78 is 0. The second-order valence-corrected chi connectivity index (χ2v) is 4.71. The second kappa shape index (κ2) is 4.94. The van der Waals surface area contributed by atoms with Crippen LogP contribution in [-0.2, 0) is 0 Å². The fourth-order valence-electron chi connectivity index (χ4n) is 1.58. The van der Waals surface area contributed by atoms with Gasteiger partial charge in [-0.05, 0) is 17.7 Å². The van der Waals surface area contributed by atoms with Gasteiger partial charge in [0.25, 0.3) is 0 Å². The molecule has 2 nitrogen and oxygen atoms in total. The summed E-state index contributed by atoms with van der Waals surface area (Å²) in [6.07, 6.45) is 0.525. The molecule has 0 atom stereocenters. The zero-order valence-corrected chi connectivity index (χ0v) is 10.3. The highest BCUT2D eigenvalue weighted by atomic mass is 32.1. The number of nitrogens with zero attached hydrogens (tertiary/aromatic N) is 1. The van der Waals surface area contributed by atoms with Crippen LogP contribution in [0.1, 0.15) is 28.6 Å². The molecule has 0 bridgehead atoms. The molecule has 0 saturated carbocycles. The third-order valence-corrected chi connectivity index (χ3v) is 3.57. The zero-order valence-electron chi connectivity index (χ0n) is 9.43. The van der Waals surface area contributed by atoms with Crippen molar-refractivity contribution in [2.75, 3.05) is 0 Å². The van der Waals surface area contributed by atoms with Gasteiger partial charge in [-0.15, -0.1) is 11.3 Å². The number of thiophene rings is 1. The molecule has 1 heterocycles. The molecule has 2 aromatic rings. The predicted molar refractivity (Wildman–Crippen MR) is 69.1 cm³/mol. The minimum atomic E-state index is 0.153. The van der Waals surface area contributed by atoms with E-state index < -0.39 is 0 Å². The first-order chi connectivity index (χ1) is 8.24. The molecule has 84 valence electrons. The van der Waals surface area contributed by atoms with Gasteiger partial charge in [-0.1, -0.05) is 31.2 Å². The Balaban J connectivity index is 2.29. The largest absolute Gasteiger partial charge is 0.294 e. The van der Waals surface area contributed by atoms with Crippen LogP contribution in [0.4, 0.5) is 0 Å². The van der Waals surface area contributed by atoms with Gasteiger partial charge in [0.2, 0.25) is 0 Å². The summed E-state index contributed by atoms with van der Waals surface area (Å²) in [5.74, 6) is 0.153. The molecular formula is C14H11NOS. The number of benzene rings is 1. The van der Waals surface area contributed by atoms with Crippen molar-refractivity contribution in [2.45, 2.75) is 13.3 Å². The van der Waals surface area contributed by atoms with Gasteiger partial charge in [-0.25, -0.2) is 0 Å². The Labute approximate surface area is 104 Å². The predicted octanol–water partition coefficient (Wildman–Crippen LogP) is 3.88. The lowest BCUT2D eigenvalue weighted by Crippen LogP contribution is -1.95. The van der Waals surface area contributed by atoms with Gasteiger partial charge >= 0.3 is 0 Å². The highest BCUT2D eigenvalue weighted by Crippen LogP contribution is 2.27. The average molecular weight is 241 g/mol. The first kappa shape index (κ1) is 11.6. The Morgan fingerprint density at radius 3 is 2.47 bits per heavy atom. The van der Waals surface area contributed by atoms with E-state index in [2.05, 4.69) is 6.07 Å². The van der Waals surface area contributed by atoms with E-state index in [9.17, 15) is 4.79 Å². The van der Waals surface area contributed by atoms with E-state index in [-0.39, 0.29) is 5.78 Å². The summed E-state index contributed by atoms with van der Waals surface area (Å²) in [7, 11) is 0. The lowest BCUT2D eigenvalue weighted by atomic mass is 10.1. The van der Waals surface area contributed by atoms with Crippen molar-refractivity contribution in [1.82, 2.24) is 0 Å². The molecule has 1 aromatic carbocycles. The number of hydrogen-bond acceptors (Lipinski definition) is 3. The van der Waals surface area contributed by atoms with Crippen molar-refractivity contribution in [3.63, 3.8) is 0 Å². The summed E-state index contributed by atoms with van der Waals surface area (Å²) in [5, 5.41) is 8.76. The third-order valence-electron chi connectivity index (χ3n) is 2.53. The third kappa shape index (κ3) is 2.43. The maximum absolute atomic E-state index is 11.5. The molecule has 1 aromatic heterocycles. The molecule has 0 aliphatic carbocycles. The maximum Gasteiger partial charge on any atom is 0.162 e. The van der Waals surface area contributed by atoms with Gasteiger partial charge in [0.15, 0.2) is 5.78 Å². The van der Waals surface area contributed by atoms with Crippen molar-refractivity contribution in [3.8, 4) is 16.5 Å². The topological polar surface area (TPSA) is 40.9 Å². The molecule has 17 heavy (non-hydrogen) atoms. The molecule has 3 heteroatoms. The highest BCUT2D eigenvalue weighted by molar-refractivity contribution is 7.16. The Morgan fingerprint density at radius 1 is 1.24 bits per heavy atom. The molecule has 0 spiro atoms. The molecule has 0 saturated heterocycles. The quantitative estimate of drug-likeness (QED) is 0.765. The molecule has 0 radical (unpaired) electrons. The number of carbonyl (C=O) groups is 1. The van der Waals surface area contributed by atoms with E-state index in [4.69, 9.17) is 5.26 Å². The van der Waals surface area contributed by atoms with Crippen LogP contribution in [0, 0.1) is 11.3 Å². The van der Waals surface area contributed by atoms with E-state index in [1.807, 2.05) is 43.3 Å². The lowest BCUT2D eigenvalue weighted by Gasteiger charge is -2.00. The normalized spacial score (nSPS) is 9.88. The molecule has 0 aliphatic rings. The molecule has 0 N–H and O–H groups in total. The van der Waals surface area contributed by atoms with Crippen molar-refractivity contribution < 1.29 is 4.79 Å². The van der Waals surface area contributed by atoms with Gasteiger partial charge in [0.05, 0.1) is 0 Å². The van der Waals surface area contributed by atoms with Crippen molar-refractivity contribution in [3.05, 3.63) is 46.8 Å². The van der Waals surface area contributed by atoms with E-state index in [1.165, 1.54) is 11.3 Å². The van der Waals surface area contributed by atoms with Crippen LogP contribution in [0.25, 0.3) is 10.4 Å². The van der Waals surface area contributed by atoms with E-state index in [1.54, 1.807) is 0 Å². The molecule has 0 aliphatic heterocycles. The minimum absolute atomic E-state index is 0.153. The van der Waals surface area contributed by atoms with Gasteiger partial charge in [-0.3, -0.25) is 4.79 Å². The summed E-state index contributed by atoms with van der Waals surface area (Å²) >= 11 is 1.46. The first-order valence-electron chi connectivity index (χ1n) is 5.38. The monoisotopic (exact) mass is 241 g/mol. The Hall–Kier alpha value is -1.92. The molecular weight excluding hydrogens is 230 g/mol. The maximum atomic E-state index is 11.5. The first-order valence-corrected chi connectivity index (χ1v) is 6.20. The van der Waals surface area contributed by atoms with Crippen LogP contribution in [-0.4, -0.2) is 5.78 Å². The number of nitriles is 1. The number of Topliss-reactive ketones (excluding diaryl/α,β-unsaturated/α-hetero) is 1. The second-order valence-electron chi connectivity index (χ2n) is 3.63. The van der Waals surface area contributed by atoms with Crippen LogP contribution in [0.2, 0.25) is 0 Å². The summed E-state index contributed by atoms with van der Waals surface area (Å²) in [6, 6.07) is 13.4. The Morgan fingerprint density at radius 2 is 1.94 bits per heavy atom.